The molecule has 220 valence electrons. The summed E-state index contributed by atoms with van der Waals surface area (Å²) in [5.41, 5.74) is 5.90. The molecule has 0 radical (unpaired) electrons. The molecule has 4 fully saturated rings. The molecule has 1 amide bonds. The zero-order chi connectivity index (χ0) is 28.1. The molecule has 5 heterocycles. The Morgan fingerprint density at radius 2 is 2.08 bits per heavy atom. The number of nitrogens with two attached hydrogens (primary N) is 1. The highest BCUT2D eigenvalue weighted by Crippen LogP contribution is 2.58. The molecule has 1 aliphatic carbocycles. The summed E-state index contributed by atoms with van der Waals surface area (Å²) in [4.78, 5) is 37.1. The first-order valence-corrected chi connectivity index (χ1v) is 17.9. The van der Waals surface area contributed by atoms with E-state index in [0.717, 1.165) is 0 Å². The van der Waals surface area contributed by atoms with Gasteiger partial charge in [-0.05, 0) is 18.2 Å². The number of amides is 1. The van der Waals surface area contributed by atoms with E-state index in [1.54, 1.807) is 17.2 Å². The first kappa shape index (κ1) is 28.8. The average molecular weight is 638 g/mol. The number of carbonyl (C=O) groups excluding carboxylic acids is 1. The number of thiol groups is 1. The monoisotopic (exact) mass is 637 g/mol. The third-order valence-electron chi connectivity index (χ3n) is 7.18. The molecular formula is C20H29N7O9P2S2. The Morgan fingerprint density at radius 1 is 1.23 bits per heavy atom. The van der Waals surface area contributed by atoms with Crippen LogP contribution in [0.25, 0.3) is 0 Å². The van der Waals surface area contributed by atoms with Crippen LogP contribution in [-0.2, 0) is 44.0 Å². The van der Waals surface area contributed by atoms with Crippen LogP contribution < -0.4 is 21.1 Å². The Bertz CT molecular complexity index is 1240. The highest BCUT2D eigenvalue weighted by Gasteiger charge is 2.51. The fourth-order valence-corrected chi connectivity index (χ4v) is 8.52. The zero-order valence-electron chi connectivity index (χ0n) is 20.9. The van der Waals surface area contributed by atoms with E-state index in [-0.39, 0.29) is 37.6 Å². The Morgan fingerprint density at radius 3 is 2.88 bits per heavy atom. The van der Waals surface area contributed by atoms with Gasteiger partial charge in [0.05, 0.1) is 31.8 Å². The smallest absolute Gasteiger partial charge is 0.386 e. The van der Waals surface area contributed by atoms with E-state index in [1.165, 1.54) is 12.7 Å². The van der Waals surface area contributed by atoms with Gasteiger partial charge in [0.1, 0.15) is 31.0 Å². The highest BCUT2D eigenvalue weighted by molar-refractivity contribution is 8.44. The van der Waals surface area contributed by atoms with Crippen LogP contribution in [-0.4, -0.2) is 94.4 Å². The van der Waals surface area contributed by atoms with Gasteiger partial charge in [-0.15, -0.1) is 0 Å². The summed E-state index contributed by atoms with van der Waals surface area (Å²) in [6.45, 7) is -7.83. The van der Waals surface area contributed by atoms with Gasteiger partial charge in [-0.2, -0.15) is 0 Å². The first-order chi connectivity index (χ1) is 19.1. The number of ether oxygens (including phenoxy) is 2. The normalized spacial score (nSPS) is 45.5. The molecule has 3 saturated heterocycles. The van der Waals surface area contributed by atoms with E-state index >= 15 is 0 Å². The van der Waals surface area contributed by atoms with E-state index in [4.69, 9.17) is 45.1 Å². The van der Waals surface area contributed by atoms with Crippen molar-refractivity contribution >= 4 is 49.8 Å². The standard InChI is InChI=1S/C20H29N7O9P2S2/c21-20-25-17-16(18(28)26-20)24-9-27(17)19-14-5-12(34-19)7-32-38(30,40)35-13-4-11(33-15-1-2-22-8-23-15)3-10(13)6-31-37(29,39)36-14/h1-2,8-14,16-17,19-20,25H,3-7,21H2,(H,26,28)(H,29,39)(H,30,40)/t10-,11-,12+,13+,14-,16?,17?,19-,20?,37?,38?/m1/s1. The molecule has 40 heavy (non-hydrogen) atoms. The molecule has 0 spiro atoms. The van der Waals surface area contributed by atoms with E-state index in [2.05, 4.69) is 37.8 Å². The molecule has 1 aromatic heterocycles. The fraction of sp³-hybridized carbons (Fsp3) is 0.700. The van der Waals surface area contributed by atoms with Crippen LogP contribution in [0.1, 0.15) is 19.3 Å². The van der Waals surface area contributed by atoms with Gasteiger partial charge in [-0.3, -0.25) is 25.4 Å². The summed E-state index contributed by atoms with van der Waals surface area (Å²) in [6, 6.07) is 0.863. The van der Waals surface area contributed by atoms with Gasteiger partial charge in [-0.25, -0.2) is 14.5 Å². The summed E-state index contributed by atoms with van der Waals surface area (Å²) in [5.74, 6) is -0.324. The molecule has 5 aliphatic rings. The van der Waals surface area contributed by atoms with Gasteiger partial charge in [0.25, 0.3) is 5.91 Å². The number of hydrogen-bond acceptors (Lipinski definition) is 15. The second-order valence-corrected chi connectivity index (χ2v) is 15.6. The third kappa shape index (κ3) is 6.38. The van der Waals surface area contributed by atoms with Gasteiger partial charge in [0.2, 0.25) is 5.88 Å². The number of aliphatic imine (C=N–C) groups is 1. The molecule has 4 aliphatic heterocycles. The van der Waals surface area contributed by atoms with Crippen molar-refractivity contribution in [2.75, 3.05) is 13.2 Å². The number of carbonyl (C=O) groups is 1. The maximum absolute atomic E-state index is 13.4. The van der Waals surface area contributed by atoms with Crippen LogP contribution >= 0.6 is 25.8 Å². The predicted molar refractivity (Wildman–Crippen MR) is 144 cm³/mol. The molecule has 1 saturated carbocycles. The third-order valence-corrected chi connectivity index (χ3v) is 10.4. The quantitative estimate of drug-likeness (QED) is 0.216. The van der Waals surface area contributed by atoms with Gasteiger partial charge < -0.3 is 38.2 Å². The van der Waals surface area contributed by atoms with E-state index < -0.39 is 56.6 Å². The number of fused-ring (bicyclic) bond motifs is 4. The summed E-state index contributed by atoms with van der Waals surface area (Å²) in [6.07, 6.45) is 0.724. The molecular weight excluding hydrogens is 608 g/mol. The fourth-order valence-electron chi connectivity index (χ4n) is 5.45. The van der Waals surface area contributed by atoms with Gasteiger partial charge in [0.15, 0.2) is 12.3 Å². The van der Waals surface area contributed by atoms with Crippen molar-refractivity contribution in [3.8, 4) is 5.88 Å². The Balaban J connectivity index is 1.19. The van der Waals surface area contributed by atoms with Crippen molar-refractivity contribution in [3.63, 3.8) is 0 Å². The van der Waals surface area contributed by atoms with Gasteiger partial charge in [-0.1, -0.05) is 12.2 Å². The van der Waals surface area contributed by atoms with Crippen molar-refractivity contribution in [1.82, 2.24) is 25.5 Å². The number of rotatable bonds is 3. The van der Waals surface area contributed by atoms with Crippen LogP contribution in [0, 0.1) is 5.92 Å². The van der Waals surface area contributed by atoms with Gasteiger partial charge in [0, 0.05) is 31.0 Å². The minimum absolute atomic E-state index is 0.0709. The average Bonchev–Trinajstić information content (AvgIpc) is 3.58. The second-order valence-electron chi connectivity index (χ2n) is 9.97. The molecule has 5 N–H and O–H groups in total. The van der Waals surface area contributed by atoms with Crippen molar-refractivity contribution < 1.29 is 41.8 Å². The van der Waals surface area contributed by atoms with Crippen molar-refractivity contribution in [2.24, 2.45) is 16.6 Å². The Hall–Kier alpha value is -1.27. The zero-order valence-corrected chi connectivity index (χ0v) is 24.4. The Labute approximate surface area is 239 Å². The molecule has 20 heteroatoms. The van der Waals surface area contributed by atoms with Crippen LogP contribution in [0.15, 0.2) is 23.6 Å². The summed E-state index contributed by atoms with van der Waals surface area (Å²) >= 11 is 9.54. The van der Waals surface area contributed by atoms with Gasteiger partial charge >= 0.3 is 13.5 Å². The number of nitrogens with zero attached hydrogens (tertiary/aromatic N) is 4. The molecule has 5 unspecified atom stereocenters. The highest BCUT2D eigenvalue weighted by atomic mass is 32.7. The van der Waals surface area contributed by atoms with Crippen molar-refractivity contribution in [1.29, 1.82) is 0 Å². The number of hydrogen-bond donors (Lipinski definition) is 5. The number of nitrogens with one attached hydrogen (secondary N) is 2. The van der Waals surface area contributed by atoms with Crippen LogP contribution in [0.3, 0.4) is 0 Å². The topological polar surface area (TPSA) is 201 Å². The summed E-state index contributed by atoms with van der Waals surface area (Å²) < 4.78 is 48.7. The van der Waals surface area contributed by atoms with Crippen LogP contribution in [0.5, 0.6) is 5.88 Å². The molecule has 11 atom stereocenters. The lowest BCUT2D eigenvalue weighted by Gasteiger charge is -2.39. The molecule has 6 rings (SSSR count). The maximum atomic E-state index is 13.4. The van der Waals surface area contributed by atoms with Crippen LogP contribution in [0.2, 0.25) is 0 Å². The minimum Gasteiger partial charge on any atom is -0.474 e. The summed E-state index contributed by atoms with van der Waals surface area (Å²) in [7, 11) is 0. The van der Waals surface area contributed by atoms with E-state index in [9.17, 15) is 14.3 Å². The van der Waals surface area contributed by atoms with Crippen molar-refractivity contribution in [2.45, 2.75) is 68.4 Å². The van der Waals surface area contributed by atoms with E-state index in [0.29, 0.717) is 18.7 Å². The largest absolute Gasteiger partial charge is 0.474 e. The lowest BCUT2D eigenvalue weighted by atomic mass is 10.1. The lowest BCUT2D eigenvalue weighted by Crippen LogP contribution is -2.70. The lowest BCUT2D eigenvalue weighted by molar-refractivity contribution is -0.130. The predicted octanol–water partition coefficient (Wildman–Crippen LogP) is -0.179. The SMILES string of the molecule is NC1NC(=O)C2N=CN([C@@H]3O[C@@H]4COP(O)(=S)O[C@H]5C[C@H](Oc6ccncn6)C[C@@H]5COP(=O)(S)O[C@@H]3C4)C2N1. The molecule has 0 aromatic carbocycles. The minimum atomic E-state index is -3.92. The Kier molecular flexibility index (Phi) is 8.24. The molecule has 2 bridgehead atoms. The number of aromatic nitrogens is 2. The van der Waals surface area contributed by atoms with E-state index in [1.807, 2.05) is 0 Å². The summed E-state index contributed by atoms with van der Waals surface area (Å²) in [5, 5.41) is 5.62. The van der Waals surface area contributed by atoms with Crippen molar-refractivity contribution in [3.05, 3.63) is 18.6 Å². The maximum Gasteiger partial charge on any atom is 0.386 e. The first-order valence-electron chi connectivity index (χ1n) is 12.6. The second kappa shape index (κ2) is 11.4. The molecule has 16 nitrogen and oxygen atoms in total. The van der Waals surface area contributed by atoms with Crippen LogP contribution in [0.4, 0.5) is 0 Å². The molecule has 1 aromatic rings.